The molecule has 0 fully saturated rings. The van der Waals surface area contributed by atoms with Gasteiger partial charge in [-0.3, -0.25) is 4.79 Å². The second-order valence-electron chi connectivity index (χ2n) is 4.15. The molecule has 0 radical (unpaired) electrons. The fourth-order valence-corrected chi connectivity index (χ4v) is 2.11. The third-order valence-electron chi connectivity index (χ3n) is 2.47. The Kier molecular flexibility index (Phi) is 3.94. The van der Waals surface area contributed by atoms with Crippen LogP contribution < -0.4 is 10.2 Å². The van der Waals surface area contributed by atoms with Gasteiger partial charge in [-0.2, -0.15) is 0 Å². The predicted octanol–water partition coefficient (Wildman–Crippen LogP) is 2.39. The largest absolute Gasteiger partial charge is 0.378 e. The van der Waals surface area contributed by atoms with Gasteiger partial charge in [0.15, 0.2) is 0 Å². The molecule has 0 aliphatic carbocycles. The lowest BCUT2D eigenvalue weighted by Crippen LogP contribution is -2.15. The Morgan fingerprint density at radius 1 is 1.44 bits per heavy atom. The van der Waals surface area contributed by atoms with Crippen molar-refractivity contribution in [2.24, 2.45) is 0 Å². The number of nitrogens with zero attached hydrogens (tertiary/aromatic N) is 2. The van der Waals surface area contributed by atoms with E-state index in [1.807, 2.05) is 48.6 Å². The van der Waals surface area contributed by atoms with Crippen LogP contribution in [0.5, 0.6) is 0 Å². The number of hydrogen-bond acceptors (Lipinski definition) is 4. The molecule has 5 heteroatoms. The number of thiazole rings is 1. The first-order chi connectivity index (χ1) is 8.65. The molecule has 1 aromatic heterocycles. The highest BCUT2D eigenvalue weighted by molar-refractivity contribution is 7.07. The zero-order valence-electron chi connectivity index (χ0n) is 10.4. The standard InChI is InChI=1S/C13H15N3OS/c1-16(2)12-5-3-4-10(6-12)15-13(17)7-11-8-18-9-14-11/h3-6,8-9H,7H2,1-2H3,(H,15,17). The van der Waals surface area contributed by atoms with E-state index < -0.39 is 0 Å². The highest BCUT2D eigenvalue weighted by atomic mass is 32.1. The van der Waals surface area contributed by atoms with Crippen LogP contribution in [0.2, 0.25) is 0 Å². The second kappa shape index (κ2) is 5.64. The summed E-state index contributed by atoms with van der Waals surface area (Å²) in [4.78, 5) is 17.9. The molecule has 4 nitrogen and oxygen atoms in total. The van der Waals surface area contributed by atoms with E-state index in [2.05, 4.69) is 10.3 Å². The van der Waals surface area contributed by atoms with E-state index in [0.717, 1.165) is 17.1 Å². The number of hydrogen-bond donors (Lipinski definition) is 1. The zero-order valence-corrected chi connectivity index (χ0v) is 11.2. The van der Waals surface area contributed by atoms with Crippen LogP contribution in [-0.4, -0.2) is 25.0 Å². The Morgan fingerprint density at radius 3 is 2.94 bits per heavy atom. The highest BCUT2D eigenvalue weighted by Gasteiger charge is 2.06. The van der Waals surface area contributed by atoms with Crippen molar-refractivity contribution in [3.8, 4) is 0 Å². The maximum Gasteiger partial charge on any atom is 0.230 e. The maximum atomic E-state index is 11.8. The summed E-state index contributed by atoms with van der Waals surface area (Å²) in [6.07, 6.45) is 0.315. The van der Waals surface area contributed by atoms with Crippen molar-refractivity contribution in [2.75, 3.05) is 24.3 Å². The van der Waals surface area contributed by atoms with Gasteiger partial charge in [-0.25, -0.2) is 4.98 Å². The minimum Gasteiger partial charge on any atom is -0.378 e. The van der Waals surface area contributed by atoms with Gasteiger partial charge in [-0.1, -0.05) is 6.07 Å². The normalized spacial score (nSPS) is 10.1. The lowest BCUT2D eigenvalue weighted by molar-refractivity contribution is -0.115. The van der Waals surface area contributed by atoms with Crippen molar-refractivity contribution in [3.63, 3.8) is 0 Å². The van der Waals surface area contributed by atoms with Gasteiger partial charge in [0.2, 0.25) is 5.91 Å². The molecule has 0 aliphatic heterocycles. The van der Waals surface area contributed by atoms with Gasteiger partial charge in [-0.15, -0.1) is 11.3 Å². The molecule has 1 N–H and O–H groups in total. The summed E-state index contributed by atoms with van der Waals surface area (Å²) in [6, 6.07) is 7.74. The van der Waals surface area contributed by atoms with Gasteiger partial charge in [0.05, 0.1) is 17.6 Å². The van der Waals surface area contributed by atoms with E-state index >= 15 is 0 Å². The molecule has 2 aromatic rings. The molecule has 94 valence electrons. The molecule has 1 amide bonds. The maximum absolute atomic E-state index is 11.8. The Morgan fingerprint density at radius 2 is 2.28 bits per heavy atom. The number of benzene rings is 1. The van der Waals surface area contributed by atoms with Crippen LogP contribution in [0, 0.1) is 0 Å². The molecular formula is C13H15N3OS. The molecule has 2 rings (SSSR count). The first-order valence-corrected chi connectivity index (χ1v) is 6.54. The van der Waals surface area contributed by atoms with Gasteiger partial charge in [0.1, 0.15) is 0 Å². The van der Waals surface area contributed by atoms with Crippen LogP contribution in [0.1, 0.15) is 5.69 Å². The van der Waals surface area contributed by atoms with E-state index in [1.54, 1.807) is 5.51 Å². The molecule has 0 saturated carbocycles. The number of aromatic nitrogens is 1. The smallest absolute Gasteiger partial charge is 0.230 e. The summed E-state index contributed by atoms with van der Waals surface area (Å²) >= 11 is 1.50. The molecule has 0 aliphatic rings. The quantitative estimate of drug-likeness (QED) is 0.919. The fraction of sp³-hybridized carbons (Fsp3) is 0.231. The van der Waals surface area contributed by atoms with Crippen molar-refractivity contribution in [2.45, 2.75) is 6.42 Å². The number of carbonyl (C=O) groups excluding carboxylic acids is 1. The lowest BCUT2D eigenvalue weighted by Gasteiger charge is -2.13. The summed E-state index contributed by atoms with van der Waals surface area (Å²) in [5.41, 5.74) is 4.40. The van der Waals surface area contributed by atoms with Crippen molar-refractivity contribution in [1.82, 2.24) is 4.98 Å². The Hall–Kier alpha value is -1.88. The number of anilines is 2. The third kappa shape index (κ3) is 3.30. The van der Waals surface area contributed by atoms with Crippen LogP contribution in [0.25, 0.3) is 0 Å². The van der Waals surface area contributed by atoms with Gasteiger partial charge in [0.25, 0.3) is 0 Å². The molecular weight excluding hydrogens is 246 g/mol. The summed E-state index contributed by atoms with van der Waals surface area (Å²) < 4.78 is 0. The first kappa shape index (κ1) is 12.6. The molecule has 18 heavy (non-hydrogen) atoms. The van der Waals surface area contributed by atoms with Crippen LogP contribution >= 0.6 is 11.3 Å². The minimum absolute atomic E-state index is 0.0446. The SMILES string of the molecule is CN(C)c1cccc(NC(=O)Cc2cscn2)c1. The van der Waals surface area contributed by atoms with Gasteiger partial charge < -0.3 is 10.2 Å². The van der Waals surface area contributed by atoms with Crippen molar-refractivity contribution in [1.29, 1.82) is 0 Å². The molecule has 0 bridgehead atoms. The number of rotatable bonds is 4. The molecule has 0 atom stereocenters. The van der Waals surface area contributed by atoms with E-state index in [-0.39, 0.29) is 5.91 Å². The topological polar surface area (TPSA) is 45.2 Å². The minimum atomic E-state index is -0.0446. The zero-order chi connectivity index (χ0) is 13.0. The summed E-state index contributed by atoms with van der Waals surface area (Å²) in [5, 5.41) is 4.76. The van der Waals surface area contributed by atoms with E-state index in [1.165, 1.54) is 11.3 Å². The van der Waals surface area contributed by atoms with E-state index in [9.17, 15) is 4.79 Å². The van der Waals surface area contributed by atoms with Crippen LogP contribution in [-0.2, 0) is 11.2 Å². The van der Waals surface area contributed by atoms with Gasteiger partial charge in [-0.05, 0) is 18.2 Å². The molecule has 1 aromatic carbocycles. The summed E-state index contributed by atoms with van der Waals surface area (Å²) in [7, 11) is 3.94. The molecule has 0 saturated heterocycles. The average Bonchev–Trinajstić information content (AvgIpc) is 2.82. The monoisotopic (exact) mass is 261 g/mol. The highest BCUT2D eigenvalue weighted by Crippen LogP contribution is 2.17. The van der Waals surface area contributed by atoms with Crippen molar-refractivity contribution < 1.29 is 4.79 Å². The van der Waals surface area contributed by atoms with Crippen LogP contribution in [0.15, 0.2) is 35.2 Å². The average molecular weight is 261 g/mol. The summed E-state index contributed by atoms with van der Waals surface area (Å²) in [6.45, 7) is 0. The number of carbonyl (C=O) groups is 1. The molecule has 1 heterocycles. The van der Waals surface area contributed by atoms with Crippen molar-refractivity contribution >= 4 is 28.6 Å². The van der Waals surface area contributed by atoms with Crippen LogP contribution in [0.3, 0.4) is 0 Å². The van der Waals surface area contributed by atoms with E-state index in [4.69, 9.17) is 0 Å². The molecule has 0 unspecified atom stereocenters. The van der Waals surface area contributed by atoms with E-state index in [0.29, 0.717) is 6.42 Å². The second-order valence-corrected chi connectivity index (χ2v) is 4.87. The third-order valence-corrected chi connectivity index (χ3v) is 3.11. The molecule has 0 spiro atoms. The number of nitrogens with one attached hydrogen (secondary N) is 1. The summed E-state index contributed by atoms with van der Waals surface area (Å²) in [5.74, 6) is -0.0446. The predicted molar refractivity (Wildman–Crippen MR) is 75.2 cm³/mol. The lowest BCUT2D eigenvalue weighted by atomic mass is 10.2. The Labute approximate surface area is 110 Å². The Bertz CT molecular complexity index is 523. The number of amides is 1. The van der Waals surface area contributed by atoms with Crippen LogP contribution in [0.4, 0.5) is 11.4 Å². The first-order valence-electron chi connectivity index (χ1n) is 5.59. The van der Waals surface area contributed by atoms with Gasteiger partial charge in [0, 0.05) is 30.9 Å². The fourth-order valence-electron chi connectivity index (χ4n) is 1.56. The Balaban J connectivity index is 2.00. The van der Waals surface area contributed by atoms with Gasteiger partial charge >= 0.3 is 0 Å². The van der Waals surface area contributed by atoms with Crippen molar-refractivity contribution in [3.05, 3.63) is 40.8 Å².